The van der Waals surface area contributed by atoms with E-state index in [0.717, 1.165) is 22.3 Å². The predicted molar refractivity (Wildman–Crippen MR) is 85.8 cm³/mol. The van der Waals surface area contributed by atoms with Gasteiger partial charge >= 0.3 is 5.97 Å². The van der Waals surface area contributed by atoms with Crippen LogP contribution in [0.4, 0.5) is 0 Å². The van der Waals surface area contributed by atoms with Crippen molar-refractivity contribution in [2.75, 3.05) is 0 Å². The Morgan fingerprint density at radius 2 is 1.57 bits per heavy atom. The lowest BCUT2D eigenvalue weighted by Crippen LogP contribution is -2.35. The van der Waals surface area contributed by atoms with Crippen LogP contribution < -0.4 is 0 Å². The van der Waals surface area contributed by atoms with Gasteiger partial charge in [-0.25, -0.2) is 0 Å². The van der Waals surface area contributed by atoms with E-state index >= 15 is 0 Å². The van der Waals surface area contributed by atoms with Crippen LogP contribution in [0.25, 0.3) is 0 Å². The third-order valence-corrected chi connectivity index (χ3v) is 4.25. The maximum absolute atomic E-state index is 11.9. The molecule has 2 rings (SSSR count). The summed E-state index contributed by atoms with van der Waals surface area (Å²) in [5, 5.41) is 9.78. The van der Waals surface area contributed by atoms with E-state index < -0.39 is 11.4 Å². The molecule has 0 aliphatic rings. The number of hydrogen-bond acceptors (Lipinski definition) is 1. The summed E-state index contributed by atoms with van der Waals surface area (Å²) in [5.74, 6) is -0.784. The van der Waals surface area contributed by atoms with Crippen molar-refractivity contribution in [3.8, 4) is 0 Å². The molecule has 0 bridgehead atoms. The van der Waals surface area contributed by atoms with Gasteiger partial charge in [-0.15, -0.1) is 0 Å². The predicted octanol–water partition coefficient (Wildman–Crippen LogP) is 4.20. The monoisotopic (exact) mass is 282 g/mol. The second kappa shape index (κ2) is 5.72. The zero-order chi connectivity index (χ0) is 15.6. The SMILES string of the molecule is Cc1cc(C)c(CC(C)(C(=O)O)c2ccccc2)c(C)c1. The van der Waals surface area contributed by atoms with Crippen LogP contribution in [0.2, 0.25) is 0 Å². The van der Waals surface area contributed by atoms with Crippen LogP contribution in [0.5, 0.6) is 0 Å². The van der Waals surface area contributed by atoms with E-state index in [1.807, 2.05) is 37.3 Å². The van der Waals surface area contributed by atoms with Crippen LogP contribution >= 0.6 is 0 Å². The van der Waals surface area contributed by atoms with Gasteiger partial charge in [0, 0.05) is 0 Å². The molecule has 0 fully saturated rings. The van der Waals surface area contributed by atoms with E-state index in [9.17, 15) is 9.90 Å². The molecule has 0 radical (unpaired) electrons. The fourth-order valence-corrected chi connectivity index (χ4v) is 2.95. The van der Waals surface area contributed by atoms with E-state index in [4.69, 9.17) is 0 Å². The molecule has 21 heavy (non-hydrogen) atoms. The highest BCUT2D eigenvalue weighted by molar-refractivity contribution is 5.81. The molecule has 2 aromatic carbocycles. The second-order valence-corrected chi connectivity index (χ2v) is 6.06. The van der Waals surface area contributed by atoms with Crippen molar-refractivity contribution >= 4 is 5.97 Å². The minimum Gasteiger partial charge on any atom is -0.481 e. The standard InChI is InChI=1S/C19H22O2/c1-13-10-14(2)17(15(3)11-13)12-19(4,18(20)21)16-8-6-5-7-9-16/h5-11H,12H2,1-4H3,(H,20,21). The summed E-state index contributed by atoms with van der Waals surface area (Å²) in [7, 11) is 0. The maximum Gasteiger partial charge on any atom is 0.314 e. The molecule has 1 N–H and O–H groups in total. The van der Waals surface area contributed by atoms with Crippen molar-refractivity contribution < 1.29 is 9.90 Å². The van der Waals surface area contributed by atoms with Gasteiger partial charge in [0.05, 0.1) is 5.41 Å². The summed E-state index contributed by atoms with van der Waals surface area (Å²) >= 11 is 0. The molecule has 0 aromatic heterocycles. The largest absolute Gasteiger partial charge is 0.481 e. The van der Waals surface area contributed by atoms with E-state index in [1.165, 1.54) is 5.56 Å². The highest BCUT2D eigenvalue weighted by Crippen LogP contribution is 2.31. The summed E-state index contributed by atoms with van der Waals surface area (Å²) in [5.41, 5.74) is 4.61. The number of carboxylic acids is 1. The molecule has 0 spiro atoms. The number of hydrogen-bond donors (Lipinski definition) is 1. The number of aryl methyl sites for hydroxylation is 3. The van der Waals surface area contributed by atoms with Crippen LogP contribution in [0.15, 0.2) is 42.5 Å². The molecule has 2 aromatic rings. The first-order valence-electron chi connectivity index (χ1n) is 7.20. The molecule has 2 heteroatoms. The number of carbonyl (C=O) groups is 1. The molecule has 0 saturated carbocycles. The third kappa shape index (κ3) is 2.99. The Morgan fingerprint density at radius 3 is 2.05 bits per heavy atom. The molecule has 0 saturated heterocycles. The van der Waals surface area contributed by atoms with Gasteiger partial charge in [0.15, 0.2) is 0 Å². The number of carboxylic acid groups (broad SMARTS) is 1. The van der Waals surface area contributed by atoms with Crippen LogP contribution in [0, 0.1) is 20.8 Å². The summed E-state index contributed by atoms with van der Waals surface area (Å²) in [6.07, 6.45) is 0.504. The second-order valence-electron chi connectivity index (χ2n) is 6.06. The van der Waals surface area contributed by atoms with E-state index in [2.05, 4.69) is 32.9 Å². The Hall–Kier alpha value is -2.09. The molecule has 1 unspecified atom stereocenters. The van der Waals surface area contributed by atoms with Crippen LogP contribution in [-0.2, 0) is 16.6 Å². The van der Waals surface area contributed by atoms with Gasteiger partial charge in [-0.1, -0.05) is 48.0 Å². The molecule has 0 heterocycles. The molecule has 0 amide bonds. The molecule has 0 aliphatic carbocycles. The smallest absolute Gasteiger partial charge is 0.314 e. The first-order valence-corrected chi connectivity index (χ1v) is 7.20. The first kappa shape index (κ1) is 15.3. The molecular weight excluding hydrogens is 260 g/mol. The van der Waals surface area contributed by atoms with Crippen molar-refractivity contribution in [3.63, 3.8) is 0 Å². The maximum atomic E-state index is 11.9. The fraction of sp³-hybridized carbons (Fsp3) is 0.316. The van der Waals surface area contributed by atoms with Crippen molar-refractivity contribution in [2.24, 2.45) is 0 Å². The minimum absolute atomic E-state index is 0.504. The summed E-state index contributed by atoms with van der Waals surface area (Å²) in [4.78, 5) is 11.9. The van der Waals surface area contributed by atoms with Crippen molar-refractivity contribution in [1.82, 2.24) is 0 Å². The lowest BCUT2D eigenvalue weighted by Gasteiger charge is -2.27. The van der Waals surface area contributed by atoms with E-state index in [0.29, 0.717) is 6.42 Å². The lowest BCUT2D eigenvalue weighted by molar-refractivity contribution is -0.143. The van der Waals surface area contributed by atoms with Gasteiger partial charge < -0.3 is 5.11 Å². The molecular formula is C19H22O2. The highest BCUT2D eigenvalue weighted by atomic mass is 16.4. The average Bonchev–Trinajstić information content (AvgIpc) is 2.43. The fourth-order valence-electron chi connectivity index (χ4n) is 2.95. The normalized spacial score (nSPS) is 13.7. The molecule has 2 nitrogen and oxygen atoms in total. The molecule has 1 atom stereocenters. The van der Waals surface area contributed by atoms with Crippen LogP contribution in [0.1, 0.15) is 34.7 Å². The van der Waals surface area contributed by atoms with Crippen molar-refractivity contribution in [3.05, 3.63) is 70.3 Å². The average molecular weight is 282 g/mol. The number of benzene rings is 2. The van der Waals surface area contributed by atoms with E-state index in [1.54, 1.807) is 0 Å². The lowest BCUT2D eigenvalue weighted by atomic mass is 9.75. The number of aliphatic carboxylic acids is 1. The van der Waals surface area contributed by atoms with Gasteiger partial charge in [-0.05, 0) is 56.4 Å². The van der Waals surface area contributed by atoms with Gasteiger partial charge in [0.2, 0.25) is 0 Å². The van der Waals surface area contributed by atoms with Crippen LogP contribution in [0.3, 0.4) is 0 Å². The summed E-state index contributed by atoms with van der Waals surface area (Å²) in [6, 6.07) is 13.7. The Bertz CT molecular complexity index is 636. The van der Waals surface area contributed by atoms with E-state index in [-0.39, 0.29) is 0 Å². The Kier molecular flexibility index (Phi) is 4.17. The highest BCUT2D eigenvalue weighted by Gasteiger charge is 2.36. The Morgan fingerprint density at radius 1 is 1.05 bits per heavy atom. The minimum atomic E-state index is -0.911. The first-order chi connectivity index (χ1) is 9.84. The topological polar surface area (TPSA) is 37.3 Å². The quantitative estimate of drug-likeness (QED) is 0.912. The van der Waals surface area contributed by atoms with Crippen molar-refractivity contribution in [2.45, 2.75) is 39.5 Å². The Balaban J connectivity index is 2.50. The Labute approximate surface area is 126 Å². The van der Waals surface area contributed by atoms with Gasteiger partial charge in [-0.2, -0.15) is 0 Å². The summed E-state index contributed by atoms with van der Waals surface area (Å²) in [6.45, 7) is 7.99. The zero-order valence-electron chi connectivity index (χ0n) is 13.1. The number of rotatable bonds is 4. The third-order valence-electron chi connectivity index (χ3n) is 4.25. The summed E-state index contributed by atoms with van der Waals surface area (Å²) < 4.78 is 0. The van der Waals surface area contributed by atoms with Gasteiger partial charge in [0.25, 0.3) is 0 Å². The molecule has 110 valence electrons. The zero-order valence-corrected chi connectivity index (χ0v) is 13.1. The van der Waals surface area contributed by atoms with Gasteiger partial charge in [-0.3, -0.25) is 4.79 Å². The van der Waals surface area contributed by atoms with Gasteiger partial charge in [0.1, 0.15) is 0 Å². The molecule has 0 aliphatic heterocycles. The van der Waals surface area contributed by atoms with Crippen molar-refractivity contribution in [1.29, 1.82) is 0 Å². The van der Waals surface area contributed by atoms with Crippen LogP contribution in [-0.4, -0.2) is 11.1 Å².